The highest BCUT2D eigenvalue weighted by atomic mass is 35.5. The summed E-state index contributed by atoms with van der Waals surface area (Å²) < 4.78 is 5.76. The first-order valence-corrected chi connectivity index (χ1v) is 8.18. The topological polar surface area (TPSA) is 21.3 Å². The number of benzene rings is 1. The summed E-state index contributed by atoms with van der Waals surface area (Å²) in [6, 6.07) is 4.32. The molecule has 0 saturated heterocycles. The molecule has 2 rings (SSSR count). The van der Waals surface area contributed by atoms with Crippen molar-refractivity contribution in [2.45, 2.75) is 25.4 Å². The van der Waals surface area contributed by atoms with Crippen molar-refractivity contribution in [2.75, 3.05) is 18.6 Å². The van der Waals surface area contributed by atoms with Crippen molar-refractivity contribution in [3.63, 3.8) is 0 Å². The molecule has 0 spiro atoms. The second-order valence-electron chi connectivity index (χ2n) is 4.37. The van der Waals surface area contributed by atoms with E-state index in [1.165, 1.54) is 12.8 Å². The maximum Gasteiger partial charge on any atom is 0.142 e. The molecule has 2 nitrogen and oxygen atoms in total. The van der Waals surface area contributed by atoms with E-state index < -0.39 is 0 Å². The molecule has 1 N–H and O–H groups in total. The number of halogens is 2. The van der Waals surface area contributed by atoms with Crippen LogP contribution in [0.15, 0.2) is 12.1 Å². The molecule has 0 aliphatic heterocycles. The highest BCUT2D eigenvalue weighted by Gasteiger charge is 2.21. The third kappa shape index (κ3) is 4.23. The Morgan fingerprint density at radius 2 is 2.17 bits per heavy atom. The summed E-state index contributed by atoms with van der Waals surface area (Å²) in [5, 5.41) is 4.71. The smallest absolute Gasteiger partial charge is 0.142 e. The van der Waals surface area contributed by atoms with Crippen LogP contribution in [-0.2, 0) is 6.54 Å². The van der Waals surface area contributed by atoms with Gasteiger partial charge in [-0.2, -0.15) is 11.8 Å². The van der Waals surface area contributed by atoms with Crippen molar-refractivity contribution >= 4 is 35.0 Å². The zero-order valence-electron chi connectivity index (χ0n) is 10.3. The normalized spacial score (nSPS) is 14.8. The Bertz CT molecular complexity index is 410. The van der Waals surface area contributed by atoms with Crippen LogP contribution in [0.2, 0.25) is 10.0 Å². The Kier molecular flexibility index (Phi) is 5.49. The van der Waals surface area contributed by atoms with Crippen LogP contribution in [-0.4, -0.2) is 24.7 Å². The van der Waals surface area contributed by atoms with E-state index in [4.69, 9.17) is 27.9 Å². The minimum atomic E-state index is 0.594. The van der Waals surface area contributed by atoms with Gasteiger partial charge in [0.1, 0.15) is 5.75 Å². The van der Waals surface area contributed by atoms with Gasteiger partial charge in [-0.3, -0.25) is 0 Å². The standard InChI is InChI=1S/C13H17Cl2NOS/c1-18-5-4-17-13-9(8-16-11-2-3-11)6-10(14)7-12(13)15/h6-7,11,16H,2-5,8H2,1H3. The molecule has 1 aliphatic carbocycles. The third-order valence-electron chi connectivity index (χ3n) is 2.78. The average Bonchev–Trinajstić information content (AvgIpc) is 3.13. The van der Waals surface area contributed by atoms with Gasteiger partial charge in [-0.05, 0) is 31.2 Å². The molecule has 0 aromatic heterocycles. The lowest BCUT2D eigenvalue weighted by Crippen LogP contribution is -2.16. The molecular weight excluding hydrogens is 289 g/mol. The SMILES string of the molecule is CSCCOc1c(Cl)cc(Cl)cc1CNC1CC1. The van der Waals surface area contributed by atoms with Gasteiger partial charge in [0.05, 0.1) is 11.6 Å². The minimum Gasteiger partial charge on any atom is -0.491 e. The van der Waals surface area contributed by atoms with E-state index >= 15 is 0 Å². The van der Waals surface area contributed by atoms with Crippen LogP contribution in [0, 0.1) is 0 Å². The van der Waals surface area contributed by atoms with Crippen LogP contribution in [0.25, 0.3) is 0 Å². The van der Waals surface area contributed by atoms with E-state index in [0.29, 0.717) is 22.7 Å². The second-order valence-corrected chi connectivity index (χ2v) is 6.20. The first-order valence-electron chi connectivity index (χ1n) is 6.03. The summed E-state index contributed by atoms with van der Waals surface area (Å²) in [6.45, 7) is 1.43. The molecule has 1 aromatic rings. The van der Waals surface area contributed by atoms with Gasteiger partial charge in [0.25, 0.3) is 0 Å². The van der Waals surface area contributed by atoms with E-state index in [9.17, 15) is 0 Å². The van der Waals surface area contributed by atoms with Crippen LogP contribution in [0.4, 0.5) is 0 Å². The average molecular weight is 306 g/mol. The Labute approximate surface area is 122 Å². The number of nitrogens with one attached hydrogen (secondary N) is 1. The molecule has 0 radical (unpaired) electrons. The summed E-state index contributed by atoms with van der Waals surface area (Å²) in [4.78, 5) is 0. The van der Waals surface area contributed by atoms with Crippen molar-refractivity contribution < 1.29 is 4.74 Å². The summed E-state index contributed by atoms with van der Waals surface area (Å²) >= 11 is 14.0. The lowest BCUT2D eigenvalue weighted by Gasteiger charge is -2.14. The molecule has 1 saturated carbocycles. The monoisotopic (exact) mass is 305 g/mol. The predicted molar refractivity (Wildman–Crippen MR) is 80.2 cm³/mol. The van der Waals surface area contributed by atoms with Crippen molar-refractivity contribution in [1.82, 2.24) is 5.32 Å². The Hall–Kier alpha value is -0.0900. The lowest BCUT2D eigenvalue weighted by atomic mass is 10.2. The Morgan fingerprint density at radius 3 is 2.83 bits per heavy atom. The first-order chi connectivity index (χ1) is 8.70. The number of thioether (sulfide) groups is 1. The maximum atomic E-state index is 6.20. The maximum absolute atomic E-state index is 6.20. The molecular formula is C13H17Cl2NOS. The van der Waals surface area contributed by atoms with E-state index in [0.717, 1.165) is 23.6 Å². The van der Waals surface area contributed by atoms with Gasteiger partial charge >= 0.3 is 0 Å². The van der Waals surface area contributed by atoms with Gasteiger partial charge in [-0.1, -0.05) is 23.2 Å². The van der Waals surface area contributed by atoms with Gasteiger partial charge in [0, 0.05) is 28.9 Å². The summed E-state index contributed by atoms with van der Waals surface area (Å²) in [6.07, 6.45) is 4.58. The summed E-state index contributed by atoms with van der Waals surface area (Å²) in [5.41, 5.74) is 1.04. The van der Waals surface area contributed by atoms with Crippen molar-refractivity contribution in [1.29, 1.82) is 0 Å². The summed E-state index contributed by atoms with van der Waals surface area (Å²) in [5.74, 6) is 1.72. The van der Waals surface area contributed by atoms with Crippen molar-refractivity contribution in [3.8, 4) is 5.75 Å². The predicted octanol–water partition coefficient (Wildman–Crippen LogP) is 3.99. The lowest BCUT2D eigenvalue weighted by molar-refractivity contribution is 0.339. The molecule has 100 valence electrons. The zero-order valence-corrected chi connectivity index (χ0v) is 12.7. The number of hydrogen-bond acceptors (Lipinski definition) is 3. The highest BCUT2D eigenvalue weighted by Crippen LogP contribution is 2.33. The van der Waals surface area contributed by atoms with Crippen molar-refractivity contribution in [2.24, 2.45) is 0 Å². The van der Waals surface area contributed by atoms with E-state index in [2.05, 4.69) is 11.6 Å². The zero-order chi connectivity index (χ0) is 13.0. The second kappa shape index (κ2) is 6.90. The molecule has 1 aromatic carbocycles. The van der Waals surface area contributed by atoms with Gasteiger partial charge in [0.15, 0.2) is 0 Å². The van der Waals surface area contributed by atoms with Crippen LogP contribution in [0.5, 0.6) is 5.75 Å². The molecule has 1 aliphatic rings. The number of rotatable bonds is 7. The van der Waals surface area contributed by atoms with Gasteiger partial charge in [0.2, 0.25) is 0 Å². The molecule has 1 fully saturated rings. The fraction of sp³-hybridized carbons (Fsp3) is 0.538. The minimum absolute atomic E-state index is 0.594. The largest absolute Gasteiger partial charge is 0.491 e. The van der Waals surface area contributed by atoms with Crippen LogP contribution >= 0.6 is 35.0 Å². The molecule has 0 amide bonds. The molecule has 18 heavy (non-hydrogen) atoms. The van der Waals surface area contributed by atoms with Crippen LogP contribution in [0.1, 0.15) is 18.4 Å². The molecule has 0 heterocycles. The van der Waals surface area contributed by atoms with Gasteiger partial charge in [-0.25, -0.2) is 0 Å². The van der Waals surface area contributed by atoms with Crippen molar-refractivity contribution in [3.05, 3.63) is 27.7 Å². The Balaban J connectivity index is 2.06. The van der Waals surface area contributed by atoms with Crippen LogP contribution in [0.3, 0.4) is 0 Å². The Morgan fingerprint density at radius 1 is 1.39 bits per heavy atom. The van der Waals surface area contributed by atoms with E-state index in [-0.39, 0.29) is 0 Å². The van der Waals surface area contributed by atoms with Crippen LogP contribution < -0.4 is 10.1 Å². The van der Waals surface area contributed by atoms with Gasteiger partial charge < -0.3 is 10.1 Å². The quantitative estimate of drug-likeness (QED) is 0.770. The number of ether oxygens (including phenoxy) is 1. The fourth-order valence-electron chi connectivity index (χ4n) is 1.68. The molecule has 0 unspecified atom stereocenters. The molecule has 0 bridgehead atoms. The molecule has 0 atom stereocenters. The van der Waals surface area contributed by atoms with E-state index in [1.54, 1.807) is 17.8 Å². The summed E-state index contributed by atoms with van der Waals surface area (Å²) in [7, 11) is 0. The molecule has 5 heteroatoms. The highest BCUT2D eigenvalue weighted by molar-refractivity contribution is 7.98. The van der Waals surface area contributed by atoms with Gasteiger partial charge in [-0.15, -0.1) is 0 Å². The third-order valence-corrected chi connectivity index (χ3v) is 3.85. The fourth-order valence-corrected chi connectivity index (χ4v) is 2.52. The van der Waals surface area contributed by atoms with E-state index in [1.807, 2.05) is 6.07 Å². The first kappa shape index (κ1) is 14.3. The number of hydrogen-bond donors (Lipinski definition) is 1.